The second kappa shape index (κ2) is 10.4. The molecule has 10 heteroatoms. The molecule has 0 N–H and O–H groups in total. The second-order valence-electron chi connectivity index (χ2n) is 8.01. The molecule has 0 radical (unpaired) electrons. The maximum atomic E-state index is 13.3. The van der Waals surface area contributed by atoms with Crippen LogP contribution in [0, 0.1) is 10.1 Å². The van der Waals surface area contributed by atoms with Crippen molar-refractivity contribution >= 4 is 50.3 Å². The third-order valence-corrected chi connectivity index (χ3v) is 6.07. The van der Waals surface area contributed by atoms with E-state index in [1.54, 1.807) is 18.2 Å². The number of benzene rings is 3. The molecule has 0 bridgehead atoms. The zero-order valence-corrected chi connectivity index (χ0v) is 21.2. The molecule has 8 nitrogen and oxygen atoms in total. The molecule has 0 saturated heterocycles. The highest BCUT2D eigenvalue weighted by molar-refractivity contribution is 9.10. The van der Waals surface area contributed by atoms with Crippen molar-refractivity contribution < 1.29 is 9.66 Å². The molecule has 0 unspecified atom stereocenters. The van der Waals surface area contributed by atoms with Gasteiger partial charge < -0.3 is 4.74 Å². The second-order valence-corrected chi connectivity index (χ2v) is 9.33. The van der Waals surface area contributed by atoms with E-state index in [0.717, 1.165) is 10.0 Å². The van der Waals surface area contributed by atoms with Gasteiger partial charge in [-0.15, -0.1) is 0 Å². The van der Waals surface area contributed by atoms with Crippen LogP contribution in [0.4, 0.5) is 5.69 Å². The Morgan fingerprint density at radius 1 is 1.20 bits per heavy atom. The van der Waals surface area contributed by atoms with Gasteiger partial charge in [0, 0.05) is 38.7 Å². The average Bonchev–Trinajstić information content (AvgIpc) is 2.83. The number of non-ortho nitro benzene ring substituents is 1. The quantitative estimate of drug-likeness (QED) is 0.151. The van der Waals surface area contributed by atoms with Crippen LogP contribution in [0.1, 0.15) is 36.7 Å². The Morgan fingerprint density at radius 3 is 2.69 bits per heavy atom. The first-order valence-corrected chi connectivity index (χ1v) is 11.8. The fourth-order valence-corrected chi connectivity index (χ4v) is 3.98. The molecular weight excluding hydrogens is 536 g/mol. The fourth-order valence-electron chi connectivity index (χ4n) is 3.42. The zero-order valence-electron chi connectivity index (χ0n) is 18.8. The summed E-state index contributed by atoms with van der Waals surface area (Å²) in [6.07, 6.45) is 1.37. The minimum Gasteiger partial charge on any atom is -0.488 e. The number of hydrogen-bond acceptors (Lipinski definition) is 6. The fraction of sp³-hybridized carbons (Fsp3) is 0.160. The molecule has 0 spiro atoms. The van der Waals surface area contributed by atoms with Gasteiger partial charge in [-0.3, -0.25) is 14.9 Å². The summed E-state index contributed by atoms with van der Waals surface area (Å²) in [5, 5.41) is 16.7. The zero-order chi connectivity index (χ0) is 25.1. The third-order valence-electron chi connectivity index (χ3n) is 5.21. The summed E-state index contributed by atoms with van der Waals surface area (Å²) in [6, 6.07) is 16.7. The highest BCUT2D eigenvalue weighted by Gasteiger charge is 2.15. The summed E-state index contributed by atoms with van der Waals surface area (Å²) in [7, 11) is 0. The predicted octanol–water partition coefficient (Wildman–Crippen LogP) is 6.31. The molecular formula is C25H20BrClN4O4. The van der Waals surface area contributed by atoms with Gasteiger partial charge in [0.1, 0.15) is 18.2 Å². The SMILES string of the molecule is CC(C)c1nc2ccc(Br)cc2c(=O)n1N=Cc1cc([N+](=O)[O-])ccc1OCc1ccccc1Cl. The number of hydrogen-bond donors (Lipinski definition) is 0. The minimum absolute atomic E-state index is 0.103. The van der Waals surface area contributed by atoms with E-state index in [4.69, 9.17) is 16.3 Å². The molecule has 0 fully saturated rings. The Labute approximate surface area is 214 Å². The number of halogens is 2. The molecule has 1 aromatic heterocycles. The molecule has 4 aromatic rings. The van der Waals surface area contributed by atoms with Crippen LogP contribution >= 0.6 is 27.5 Å². The maximum absolute atomic E-state index is 13.3. The van der Waals surface area contributed by atoms with Gasteiger partial charge in [-0.1, -0.05) is 59.6 Å². The molecule has 0 aliphatic rings. The lowest BCUT2D eigenvalue weighted by atomic mass is 10.1. The topological polar surface area (TPSA) is 99.6 Å². The average molecular weight is 556 g/mol. The van der Waals surface area contributed by atoms with Gasteiger partial charge in [0.2, 0.25) is 0 Å². The largest absolute Gasteiger partial charge is 0.488 e. The molecule has 0 atom stereocenters. The number of nitro benzene ring substituents is 1. The van der Waals surface area contributed by atoms with Gasteiger partial charge in [0.15, 0.2) is 0 Å². The van der Waals surface area contributed by atoms with E-state index in [0.29, 0.717) is 33.1 Å². The van der Waals surface area contributed by atoms with Crippen molar-refractivity contribution in [3.8, 4) is 5.75 Å². The number of nitro groups is 1. The van der Waals surface area contributed by atoms with E-state index in [9.17, 15) is 14.9 Å². The molecule has 35 heavy (non-hydrogen) atoms. The van der Waals surface area contributed by atoms with E-state index in [2.05, 4.69) is 26.0 Å². The van der Waals surface area contributed by atoms with Crippen LogP contribution in [0.25, 0.3) is 10.9 Å². The van der Waals surface area contributed by atoms with Gasteiger partial charge in [0.25, 0.3) is 11.2 Å². The van der Waals surface area contributed by atoms with Crippen LogP contribution in [-0.2, 0) is 6.61 Å². The van der Waals surface area contributed by atoms with Crippen molar-refractivity contribution in [1.82, 2.24) is 9.66 Å². The molecule has 178 valence electrons. The summed E-state index contributed by atoms with van der Waals surface area (Å²) in [6.45, 7) is 3.97. The number of rotatable bonds is 7. The highest BCUT2D eigenvalue weighted by atomic mass is 79.9. The van der Waals surface area contributed by atoms with Gasteiger partial charge >= 0.3 is 0 Å². The van der Waals surface area contributed by atoms with E-state index >= 15 is 0 Å². The van der Waals surface area contributed by atoms with Crippen LogP contribution in [0.15, 0.2) is 75.0 Å². The predicted molar refractivity (Wildman–Crippen MR) is 140 cm³/mol. The molecule has 3 aromatic carbocycles. The van der Waals surface area contributed by atoms with Crippen molar-refractivity contribution in [2.45, 2.75) is 26.4 Å². The number of nitrogens with zero attached hydrogens (tertiary/aromatic N) is 4. The minimum atomic E-state index is -0.504. The van der Waals surface area contributed by atoms with Crippen molar-refractivity contribution in [3.63, 3.8) is 0 Å². The van der Waals surface area contributed by atoms with E-state index in [1.165, 1.54) is 29.1 Å². The van der Waals surface area contributed by atoms with Gasteiger partial charge in [-0.2, -0.15) is 9.78 Å². The van der Waals surface area contributed by atoms with E-state index in [-0.39, 0.29) is 23.8 Å². The number of aromatic nitrogens is 2. The lowest BCUT2D eigenvalue weighted by Gasteiger charge is -2.13. The van der Waals surface area contributed by atoms with Gasteiger partial charge in [-0.25, -0.2) is 4.98 Å². The molecule has 0 saturated carbocycles. The summed E-state index contributed by atoms with van der Waals surface area (Å²) >= 11 is 9.60. The highest BCUT2D eigenvalue weighted by Crippen LogP contribution is 2.26. The van der Waals surface area contributed by atoms with Crippen molar-refractivity contribution in [2.24, 2.45) is 5.10 Å². The molecule has 4 rings (SSSR count). The Balaban J connectivity index is 1.78. The first-order chi connectivity index (χ1) is 16.7. The number of fused-ring (bicyclic) bond motifs is 1. The van der Waals surface area contributed by atoms with Crippen LogP contribution in [0.5, 0.6) is 5.75 Å². The maximum Gasteiger partial charge on any atom is 0.282 e. The Kier molecular flexibility index (Phi) is 7.28. The molecule has 0 amide bonds. The Bertz CT molecular complexity index is 1520. The van der Waals surface area contributed by atoms with Crippen LogP contribution in [0.3, 0.4) is 0 Å². The van der Waals surface area contributed by atoms with Crippen molar-refractivity contribution in [2.75, 3.05) is 0 Å². The summed E-state index contributed by atoms with van der Waals surface area (Å²) in [4.78, 5) is 28.8. The van der Waals surface area contributed by atoms with Crippen LogP contribution in [0.2, 0.25) is 5.02 Å². The summed E-state index contributed by atoms with van der Waals surface area (Å²) in [5.74, 6) is 0.717. The van der Waals surface area contributed by atoms with Crippen molar-refractivity contribution in [1.29, 1.82) is 0 Å². The third kappa shape index (κ3) is 5.41. The summed E-state index contributed by atoms with van der Waals surface area (Å²) in [5.41, 5.74) is 1.18. The number of ether oxygens (including phenoxy) is 1. The van der Waals surface area contributed by atoms with Crippen LogP contribution < -0.4 is 10.3 Å². The Hall–Kier alpha value is -3.56. The molecule has 0 aliphatic heterocycles. The smallest absolute Gasteiger partial charge is 0.282 e. The van der Waals surface area contributed by atoms with Gasteiger partial charge in [-0.05, 0) is 30.3 Å². The van der Waals surface area contributed by atoms with Crippen LogP contribution in [-0.4, -0.2) is 20.8 Å². The first-order valence-electron chi connectivity index (χ1n) is 10.7. The lowest BCUT2D eigenvalue weighted by Crippen LogP contribution is -2.23. The lowest BCUT2D eigenvalue weighted by molar-refractivity contribution is -0.384. The molecule has 0 aliphatic carbocycles. The first kappa shape index (κ1) is 24.6. The standard InChI is InChI=1S/C25H20BrClN4O4/c1-15(2)24-29-22-9-7-18(26)12-20(22)25(32)30(24)28-13-17-11-19(31(33)34)8-10-23(17)35-14-16-5-3-4-6-21(16)27/h3-13,15H,14H2,1-2H3. The van der Waals surface area contributed by atoms with Gasteiger partial charge in [0.05, 0.1) is 22.0 Å². The Morgan fingerprint density at radius 2 is 1.97 bits per heavy atom. The molecule has 1 heterocycles. The normalized spacial score (nSPS) is 11.5. The van der Waals surface area contributed by atoms with Crippen molar-refractivity contribution in [3.05, 3.63) is 108 Å². The summed E-state index contributed by atoms with van der Waals surface area (Å²) < 4.78 is 7.87. The van der Waals surface area contributed by atoms with E-state index in [1.807, 2.05) is 38.1 Å². The monoisotopic (exact) mass is 554 g/mol. The van der Waals surface area contributed by atoms with E-state index < -0.39 is 4.92 Å².